The molecular formula is C28H25Cl2N9O3. The Bertz CT molecular complexity index is 1650. The van der Waals surface area contributed by atoms with Gasteiger partial charge in [-0.2, -0.15) is 0 Å². The predicted octanol–water partition coefficient (Wildman–Crippen LogP) is 2.45. The van der Waals surface area contributed by atoms with Crippen LogP contribution in [0, 0.1) is 5.41 Å². The lowest BCUT2D eigenvalue weighted by molar-refractivity contribution is -0.145. The van der Waals surface area contributed by atoms with Gasteiger partial charge in [-0.1, -0.05) is 34.5 Å². The molecule has 1 aliphatic carbocycles. The second-order valence-corrected chi connectivity index (χ2v) is 10.2. The Kier molecular flexibility index (Phi) is 8.46. The first-order chi connectivity index (χ1) is 20.2. The fourth-order valence-electron chi connectivity index (χ4n) is 4.61. The number of hydrogen-bond acceptors (Lipinski definition) is 8. The average Bonchev–Trinajstić information content (AvgIpc) is 3.41. The van der Waals surface area contributed by atoms with Crippen molar-refractivity contribution in [3.05, 3.63) is 100 Å². The van der Waals surface area contributed by atoms with Crippen molar-refractivity contribution in [2.45, 2.75) is 12.5 Å². The van der Waals surface area contributed by atoms with Gasteiger partial charge in [0.2, 0.25) is 17.7 Å². The normalized spacial score (nSPS) is 17.0. The van der Waals surface area contributed by atoms with Crippen LogP contribution in [-0.4, -0.2) is 74.5 Å². The van der Waals surface area contributed by atoms with Gasteiger partial charge >= 0.3 is 0 Å². The van der Waals surface area contributed by atoms with Gasteiger partial charge in [-0.25, -0.2) is 4.68 Å². The van der Waals surface area contributed by atoms with E-state index < -0.39 is 23.8 Å². The Morgan fingerprint density at radius 1 is 1.12 bits per heavy atom. The molecule has 214 valence electrons. The summed E-state index contributed by atoms with van der Waals surface area (Å²) < 4.78 is 1.39. The monoisotopic (exact) mass is 605 g/mol. The van der Waals surface area contributed by atoms with E-state index in [0.717, 1.165) is 0 Å². The van der Waals surface area contributed by atoms with E-state index >= 15 is 0 Å². The van der Waals surface area contributed by atoms with Gasteiger partial charge in [0.05, 0.1) is 23.3 Å². The number of pyridine rings is 1. The summed E-state index contributed by atoms with van der Waals surface area (Å²) in [5.74, 6) is -1.37. The van der Waals surface area contributed by atoms with Gasteiger partial charge in [-0.15, -0.1) is 5.10 Å². The van der Waals surface area contributed by atoms with E-state index in [9.17, 15) is 14.4 Å². The van der Waals surface area contributed by atoms with E-state index in [-0.39, 0.29) is 30.4 Å². The summed E-state index contributed by atoms with van der Waals surface area (Å²) in [6, 6.07) is 9.06. The summed E-state index contributed by atoms with van der Waals surface area (Å²) in [6.45, 7) is -0.701. The van der Waals surface area contributed by atoms with Gasteiger partial charge < -0.3 is 20.9 Å². The summed E-state index contributed by atoms with van der Waals surface area (Å²) in [5.41, 5.74) is 2.65. The topological polar surface area (TPSA) is 149 Å². The highest BCUT2D eigenvalue weighted by molar-refractivity contribution is 6.31. The number of allylic oxidation sites excluding steroid dienone is 4. The fourth-order valence-corrected chi connectivity index (χ4v) is 4.90. The highest BCUT2D eigenvalue weighted by Gasteiger charge is 2.39. The molecule has 5 rings (SSSR count). The Hall–Kier alpha value is -4.81. The van der Waals surface area contributed by atoms with Crippen LogP contribution in [0.3, 0.4) is 0 Å². The van der Waals surface area contributed by atoms with Crippen molar-refractivity contribution in [2.75, 3.05) is 25.0 Å². The van der Waals surface area contributed by atoms with E-state index in [1.165, 1.54) is 20.7 Å². The van der Waals surface area contributed by atoms with Gasteiger partial charge in [-0.05, 0) is 48.6 Å². The van der Waals surface area contributed by atoms with Crippen molar-refractivity contribution in [2.24, 2.45) is 0 Å². The van der Waals surface area contributed by atoms with Crippen molar-refractivity contribution in [3.63, 3.8) is 0 Å². The Balaban J connectivity index is 1.43. The zero-order valence-electron chi connectivity index (χ0n) is 22.3. The van der Waals surface area contributed by atoms with Crippen LogP contribution in [0.2, 0.25) is 10.2 Å². The quantitative estimate of drug-likeness (QED) is 0.357. The molecule has 2 aromatic heterocycles. The van der Waals surface area contributed by atoms with Gasteiger partial charge in [0.1, 0.15) is 19.1 Å². The minimum atomic E-state index is -1.04. The molecule has 0 spiro atoms. The van der Waals surface area contributed by atoms with Crippen molar-refractivity contribution < 1.29 is 14.4 Å². The smallest absolute Gasteiger partial charge is 0.247 e. The van der Waals surface area contributed by atoms with Crippen LogP contribution in [0.15, 0.2) is 84.5 Å². The van der Waals surface area contributed by atoms with Crippen LogP contribution in [0.5, 0.6) is 0 Å². The molecule has 1 aromatic carbocycles. The molecule has 1 saturated heterocycles. The zero-order valence-corrected chi connectivity index (χ0v) is 23.8. The maximum absolute atomic E-state index is 13.7. The fraction of sp³-hybridized carbons (Fsp3) is 0.179. The van der Waals surface area contributed by atoms with Crippen molar-refractivity contribution in [3.8, 4) is 5.69 Å². The van der Waals surface area contributed by atoms with Gasteiger partial charge in [-0.3, -0.25) is 24.3 Å². The van der Waals surface area contributed by atoms with Crippen LogP contribution >= 0.6 is 23.2 Å². The summed E-state index contributed by atoms with van der Waals surface area (Å²) in [5, 5.41) is 22.0. The third-order valence-corrected chi connectivity index (χ3v) is 7.00. The lowest BCUT2D eigenvalue weighted by Crippen LogP contribution is -2.60. The molecule has 12 nitrogen and oxygen atoms in total. The Morgan fingerprint density at radius 2 is 1.95 bits per heavy atom. The summed E-state index contributed by atoms with van der Waals surface area (Å²) in [6.07, 6.45) is 9.60. The molecular weight excluding hydrogens is 581 g/mol. The number of nitrogens with zero attached hydrogens (tertiary/aromatic N) is 6. The largest absolute Gasteiger partial charge is 0.393 e. The van der Waals surface area contributed by atoms with E-state index in [2.05, 4.69) is 25.9 Å². The first-order valence-corrected chi connectivity index (χ1v) is 13.5. The highest BCUT2D eigenvalue weighted by atomic mass is 35.5. The lowest BCUT2D eigenvalue weighted by atomic mass is 10.0. The molecule has 2 aliphatic rings. The van der Waals surface area contributed by atoms with Crippen LogP contribution in [-0.2, 0) is 20.8 Å². The standard InChI is InChI=1S/C28H25Cl2N9O3/c1-32-13-17-10-20(6-7-21(17)31)34-28(42)24(12-19-4-2-3-9-33-19)38-16-26(40)37(15-27(38)41)23-11-18(29)5-8-22(23)39-14-25(30)35-36-39/h2-11,13-14,24,31-32H,12,15-16H2,1H3,(H,34,42)/b17-13-,31-21?. The third-order valence-electron chi connectivity index (χ3n) is 6.59. The molecule has 1 fully saturated rings. The number of nitrogens with one attached hydrogen (secondary N) is 3. The Labute approximate surface area is 250 Å². The van der Waals surface area contributed by atoms with Crippen LogP contribution in [0.1, 0.15) is 5.69 Å². The van der Waals surface area contributed by atoms with E-state index in [1.807, 2.05) is 0 Å². The van der Waals surface area contributed by atoms with Crippen molar-refractivity contribution in [1.82, 2.24) is 35.5 Å². The molecule has 0 bridgehead atoms. The van der Waals surface area contributed by atoms with E-state index in [4.69, 9.17) is 28.6 Å². The predicted molar refractivity (Wildman–Crippen MR) is 157 cm³/mol. The van der Waals surface area contributed by atoms with Crippen LogP contribution in [0.25, 0.3) is 5.69 Å². The maximum Gasteiger partial charge on any atom is 0.247 e. The third kappa shape index (κ3) is 6.24. The highest BCUT2D eigenvalue weighted by Crippen LogP contribution is 2.30. The number of anilines is 1. The summed E-state index contributed by atoms with van der Waals surface area (Å²) in [7, 11) is 1.71. The molecule has 3 aromatic rings. The van der Waals surface area contributed by atoms with Crippen LogP contribution in [0.4, 0.5) is 5.69 Å². The summed E-state index contributed by atoms with van der Waals surface area (Å²) >= 11 is 12.2. The van der Waals surface area contributed by atoms with Crippen LogP contribution < -0.4 is 15.5 Å². The average molecular weight is 606 g/mol. The first-order valence-electron chi connectivity index (χ1n) is 12.8. The molecule has 3 heterocycles. The second kappa shape index (κ2) is 12.4. The number of amides is 3. The number of halogens is 2. The Morgan fingerprint density at radius 3 is 2.67 bits per heavy atom. The number of hydrogen-bond donors (Lipinski definition) is 3. The molecule has 3 N–H and O–H groups in total. The second-order valence-electron chi connectivity index (χ2n) is 9.39. The van der Waals surface area contributed by atoms with E-state index in [0.29, 0.717) is 33.4 Å². The maximum atomic E-state index is 13.7. The van der Waals surface area contributed by atoms with Gasteiger partial charge in [0.25, 0.3) is 0 Å². The molecule has 3 amide bonds. The van der Waals surface area contributed by atoms with Gasteiger partial charge in [0, 0.05) is 47.9 Å². The number of benzene rings is 1. The first kappa shape index (κ1) is 28.7. The SMILES string of the molecule is CN/C=C1/C=C(NC(=O)C(Cc2ccccn2)N2CC(=O)N(c3cc(Cl)ccc3-n3cc(Cl)nn3)CC2=O)C=CC1=N. The van der Waals surface area contributed by atoms with Gasteiger partial charge in [0.15, 0.2) is 5.15 Å². The number of carbonyl (C=O) groups is 3. The van der Waals surface area contributed by atoms with E-state index in [1.54, 1.807) is 74.1 Å². The number of aromatic nitrogens is 4. The minimum absolute atomic E-state index is 0.0809. The van der Waals surface area contributed by atoms with Crippen molar-refractivity contribution >= 4 is 52.3 Å². The molecule has 1 aliphatic heterocycles. The number of piperazine rings is 1. The molecule has 1 atom stereocenters. The molecule has 0 saturated carbocycles. The molecule has 0 radical (unpaired) electrons. The minimum Gasteiger partial charge on any atom is -0.393 e. The molecule has 14 heteroatoms. The van der Waals surface area contributed by atoms with Crippen molar-refractivity contribution in [1.29, 1.82) is 5.41 Å². The number of carbonyl (C=O) groups excluding carboxylic acids is 3. The zero-order chi connectivity index (χ0) is 29.8. The number of rotatable bonds is 8. The molecule has 1 unspecified atom stereocenters. The summed E-state index contributed by atoms with van der Waals surface area (Å²) in [4.78, 5) is 47.8. The lowest BCUT2D eigenvalue weighted by Gasteiger charge is -2.38. The molecule has 42 heavy (non-hydrogen) atoms.